The summed E-state index contributed by atoms with van der Waals surface area (Å²) in [6, 6.07) is 32.4. The van der Waals surface area contributed by atoms with Gasteiger partial charge in [0.25, 0.3) is 0 Å². The molecule has 2 N–H and O–H groups in total. The van der Waals surface area contributed by atoms with Gasteiger partial charge in [0.05, 0.1) is 18.7 Å². The van der Waals surface area contributed by atoms with Crippen molar-refractivity contribution >= 4 is 38.4 Å². The van der Waals surface area contributed by atoms with E-state index < -0.39 is 5.97 Å². The highest BCUT2D eigenvalue weighted by atomic mass is 16.5. The third kappa shape index (κ3) is 4.57. The molecule has 1 aromatic heterocycles. The molecule has 0 saturated heterocycles. The van der Waals surface area contributed by atoms with Crippen LogP contribution < -0.4 is 9.47 Å². The van der Waals surface area contributed by atoms with E-state index in [4.69, 9.17) is 9.47 Å². The summed E-state index contributed by atoms with van der Waals surface area (Å²) in [4.78, 5) is 15.6. The number of hydrogen-bond acceptors (Lipinski definition) is 3. The van der Waals surface area contributed by atoms with Crippen molar-refractivity contribution in [2.75, 3.05) is 13.2 Å². The molecule has 0 saturated carbocycles. The maximum atomic E-state index is 12.3. The monoisotopic (exact) mass is 515 g/mol. The quantitative estimate of drug-likeness (QED) is 0.190. The van der Waals surface area contributed by atoms with Gasteiger partial charge in [0.1, 0.15) is 17.2 Å². The van der Waals surface area contributed by atoms with Crippen LogP contribution in [0.25, 0.3) is 43.6 Å². The first kappa shape index (κ1) is 24.6. The smallest absolute Gasteiger partial charge is 0.352 e. The van der Waals surface area contributed by atoms with Crippen LogP contribution in [0.4, 0.5) is 0 Å². The first-order valence-electron chi connectivity index (χ1n) is 13.3. The second kappa shape index (κ2) is 10.5. The van der Waals surface area contributed by atoms with Gasteiger partial charge in [0.2, 0.25) is 0 Å². The molecule has 5 heteroatoms. The number of carboxylic acids is 1. The van der Waals surface area contributed by atoms with Crippen molar-refractivity contribution < 1.29 is 19.4 Å². The third-order valence-corrected chi connectivity index (χ3v) is 7.19. The summed E-state index contributed by atoms with van der Waals surface area (Å²) in [6.07, 6.45) is 1.25. The Bertz CT molecular complexity index is 1810. The third-order valence-electron chi connectivity index (χ3n) is 7.19. The largest absolute Gasteiger partial charge is 0.493 e. The number of aryl methyl sites for hydroxylation is 1. The number of ether oxygens (including phenoxy) is 2. The molecule has 0 aliphatic rings. The molecule has 0 unspecified atom stereocenters. The number of aromatic carboxylic acids is 1. The predicted octanol–water partition coefficient (Wildman–Crippen LogP) is 8.25. The number of aromatic amines is 1. The summed E-state index contributed by atoms with van der Waals surface area (Å²) in [5.74, 6) is 0.650. The van der Waals surface area contributed by atoms with Crippen LogP contribution in [-0.2, 0) is 6.42 Å². The van der Waals surface area contributed by atoms with E-state index in [9.17, 15) is 9.90 Å². The van der Waals surface area contributed by atoms with Gasteiger partial charge in [-0.2, -0.15) is 0 Å². The molecular formula is C34H29NO4. The van der Waals surface area contributed by atoms with Crippen LogP contribution in [-0.4, -0.2) is 29.3 Å². The minimum absolute atomic E-state index is 0.223. The van der Waals surface area contributed by atoms with E-state index in [1.807, 2.05) is 67.6 Å². The van der Waals surface area contributed by atoms with Gasteiger partial charge in [-0.05, 0) is 53.6 Å². The van der Waals surface area contributed by atoms with Crippen LogP contribution in [0.5, 0.6) is 11.5 Å². The number of H-pyrrole nitrogens is 1. The van der Waals surface area contributed by atoms with Gasteiger partial charge < -0.3 is 19.6 Å². The Morgan fingerprint density at radius 3 is 2.23 bits per heavy atom. The molecule has 5 nitrogen and oxygen atoms in total. The zero-order chi connectivity index (χ0) is 26.8. The van der Waals surface area contributed by atoms with E-state index >= 15 is 0 Å². The van der Waals surface area contributed by atoms with Crippen LogP contribution in [0.2, 0.25) is 0 Å². The van der Waals surface area contributed by atoms with Crippen molar-refractivity contribution in [1.29, 1.82) is 0 Å². The summed E-state index contributed by atoms with van der Waals surface area (Å²) >= 11 is 0. The summed E-state index contributed by atoms with van der Waals surface area (Å²) < 4.78 is 12.2. The second-order valence-corrected chi connectivity index (χ2v) is 9.53. The highest BCUT2D eigenvalue weighted by molar-refractivity contribution is 6.09. The lowest BCUT2D eigenvalue weighted by Gasteiger charge is -2.15. The average Bonchev–Trinajstić information content (AvgIpc) is 3.35. The first-order chi connectivity index (χ1) is 19.2. The predicted molar refractivity (Wildman–Crippen MR) is 157 cm³/mol. The molecule has 6 aromatic rings. The Morgan fingerprint density at radius 1 is 0.744 bits per heavy atom. The van der Waals surface area contributed by atoms with Gasteiger partial charge >= 0.3 is 5.97 Å². The van der Waals surface area contributed by atoms with E-state index in [0.29, 0.717) is 26.1 Å². The zero-order valence-electron chi connectivity index (χ0n) is 21.7. The molecule has 0 atom stereocenters. The molecule has 0 radical (unpaired) electrons. The summed E-state index contributed by atoms with van der Waals surface area (Å²) in [6.45, 7) is 2.99. The maximum Gasteiger partial charge on any atom is 0.352 e. The first-order valence-corrected chi connectivity index (χ1v) is 13.3. The molecule has 5 aromatic carbocycles. The average molecular weight is 516 g/mol. The summed E-state index contributed by atoms with van der Waals surface area (Å²) in [5, 5.41) is 15.4. The zero-order valence-corrected chi connectivity index (χ0v) is 21.7. The molecule has 0 bridgehead atoms. The molecule has 39 heavy (non-hydrogen) atoms. The molecule has 0 amide bonds. The minimum atomic E-state index is -0.968. The van der Waals surface area contributed by atoms with Crippen molar-refractivity contribution in [3.05, 3.63) is 108 Å². The molecule has 6 rings (SSSR count). The lowest BCUT2D eigenvalue weighted by atomic mass is 9.94. The van der Waals surface area contributed by atoms with Crippen molar-refractivity contribution in [2.24, 2.45) is 0 Å². The summed E-state index contributed by atoms with van der Waals surface area (Å²) in [7, 11) is 0. The molecule has 0 spiro atoms. The number of hydrogen-bond donors (Lipinski definition) is 2. The van der Waals surface area contributed by atoms with Gasteiger partial charge in [-0.1, -0.05) is 84.9 Å². The van der Waals surface area contributed by atoms with Crippen LogP contribution in [0.1, 0.15) is 29.4 Å². The molecule has 194 valence electrons. The molecule has 0 aliphatic carbocycles. The Kier molecular flexibility index (Phi) is 6.64. The number of carbonyl (C=O) groups is 1. The van der Waals surface area contributed by atoms with E-state index in [2.05, 4.69) is 41.4 Å². The van der Waals surface area contributed by atoms with Crippen LogP contribution >= 0.6 is 0 Å². The SMILES string of the molecule is CCOc1ccc2ccccc2c1-c1cccc2c(CCCOc3cccc4ccccc34)c(C(=O)O)[nH]c12. The second-order valence-electron chi connectivity index (χ2n) is 9.53. The standard InChI is InChI=1S/C34H29NO4/c1-2-38-30-20-19-23-11-4-6-14-25(23)31(30)28-16-8-15-26-27(33(34(36)37)35-32(26)28)17-9-21-39-29-18-7-12-22-10-3-5-13-24(22)29/h3-8,10-16,18-20,35H,2,9,17,21H2,1H3,(H,36,37). The Balaban J connectivity index is 1.36. The Labute approximate surface area is 226 Å². The van der Waals surface area contributed by atoms with Gasteiger partial charge in [-0.3, -0.25) is 0 Å². The number of benzene rings is 5. The fourth-order valence-corrected chi connectivity index (χ4v) is 5.48. The van der Waals surface area contributed by atoms with Gasteiger partial charge in [0.15, 0.2) is 0 Å². The molecule has 0 aliphatic heterocycles. The number of para-hydroxylation sites is 1. The number of nitrogens with one attached hydrogen (secondary N) is 1. The lowest BCUT2D eigenvalue weighted by molar-refractivity contribution is 0.0690. The Hall–Kier alpha value is -4.77. The number of rotatable bonds is 9. The van der Waals surface area contributed by atoms with Crippen molar-refractivity contribution in [1.82, 2.24) is 4.98 Å². The van der Waals surface area contributed by atoms with E-state index in [1.54, 1.807) is 0 Å². The molecule has 1 heterocycles. The lowest BCUT2D eigenvalue weighted by Crippen LogP contribution is -2.04. The van der Waals surface area contributed by atoms with Gasteiger partial charge in [-0.15, -0.1) is 0 Å². The van der Waals surface area contributed by atoms with E-state index in [-0.39, 0.29) is 5.69 Å². The maximum absolute atomic E-state index is 12.3. The van der Waals surface area contributed by atoms with Gasteiger partial charge in [0, 0.05) is 21.9 Å². The molecule has 0 fully saturated rings. The van der Waals surface area contributed by atoms with E-state index in [1.165, 1.54) is 0 Å². The molecular weight excluding hydrogens is 486 g/mol. The highest BCUT2D eigenvalue weighted by Crippen LogP contribution is 2.41. The number of fused-ring (bicyclic) bond motifs is 3. The summed E-state index contributed by atoms with van der Waals surface area (Å²) in [5.41, 5.74) is 3.70. The highest BCUT2D eigenvalue weighted by Gasteiger charge is 2.21. The number of aromatic nitrogens is 1. The minimum Gasteiger partial charge on any atom is -0.493 e. The van der Waals surface area contributed by atoms with Crippen LogP contribution in [0.3, 0.4) is 0 Å². The van der Waals surface area contributed by atoms with Crippen LogP contribution in [0, 0.1) is 0 Å². The number of carboxylic acid groups (broad SMARTS) is 1. The van der Waals surface area contributed by atoms with Crippen LogP contribution in [0.15, 0.2) is 97.1 Å². The van der Waals surface area contributed by atoms with E-state index in [0.717, 1.165) is 60.6 Å². The topological polar surface area (TPSA) is 71.6 Å². The Morgan fingerprint density at radius 2 is 1.44 bits per heavy atom. The van der Waals surface area contributed by atoms with Crippen molar-refractivity contribution in [3.63, 3.8) is 0 Å². The fourth-order valence-electron chi connectivity index (χ4n) is 5.48. The fraction of sp³-hybridized carbons (Fsp3) is 0.147. The normalized spacial score (nSPS) is 11.3. The van der Waals surface area contributed by atoms with Gasteiger partial charge in [-0.25, -0.2) is 4.79 Å². The van der Waals surface area contributed by atoms with Crippen molar-refractivity contribution in [3.8, 4) is 22.6 Å². The van der Waals surface area contributed by atoms with Crippen molar-refractivity contribution in [2.45, 2.75) is 19.8 Å².